The fourth-order valence-electron chi connectivity index (χ4n) is 1.11. The van der Waals surface area contributed by atoms with Gasteiger partial charge in [-0.1, -0.05) is 12.1 Å². The van der Waals surface area contributed by atoms with E-state index in [4.69, 9.17) is 4.74 Å². The molecule has 0 N–H and O–H groups in total. The molecule has 18 heavy (non-hydrogen) atoms. The van der Waals surface area contributed by atoms with E-state index in [1.165, 1.54) is 31.2 Å². The summed E-state index contributed by atoms with van der Waals surface area (Å²) >= 11 is 0. The largest absolute Gasteiger partial charge is 0.454 e. The van der Waals surface area contributed by atoms with E-state index in [0.29, 0.717) is 5.56 Å². The predicted molar refractivity (Wildman–Crippen MR) is 59.2 cm³/mol. The number of carbonyl (C=O) groups is 2. The van der Waals surface area contributed by atoms with Crippen molar-refractivity contribution < 1.29 is 24.3 Å². The molecule has 0 aliphatic rings. The van der Waals surface area contributed by atoms with Crippen molar-refractivity contribution in [3.8, 4) is 0 Å². The first-order valence-electron chi connectivity index (χ1n) is 5.02. The fourth-order valence-corrected chi connectivity index (χ4v) is 1.11. The summed E-state index contributed by atoms with van der Waals surface area (Å²) in [5.74, 6) is -0.869. The van der Waals surface area contributed by atoms with Gasteiger partial charge in [0.2, 0.25) is 0 Å². The Morgan fingerprint density at radius 1 is 1.28 bits per heavy atom. The third-order valence-corrected chi connectivity index (χ3v) is 1.93. The molecular formula is C11H11NO6. The molecule has 0 heterocycles. The van der Waals surface area contributed by atoms with Gasteiger partial charge in [-0.05, 0) is 24.6 Å². The van der Waals surface area contributed by atoms with Crippen LogP contribution in [0.25, 0.3) is 0 Å². The SMILES string of the molecule is CC(=O)COC(=O)c1ccc(CO[N+](=O)[O-])cc1. The van der Waals surface area contributed by atoms with Crippen LogP contribution in [0.15, 0.2) is 24.3 Å². The quantitative estimate of drug-likeness (QED) is 0.428. The molecule has 0 aliphatic carbocycles. The number of esters is 1. The van der Waals surface area contributed by atoms with Crippen LogP contribution >= 0.6 is 0 Å². The third kappa shape index (κ3) is 4.60. The highest BCUT2D eigenvalue weighted by molar-refractivity contribution is 5.91. The van der Waals surface area contributed by atoms with E-state index in [2.05, 4.69) is 4.84 Å². The molecule has 0 radical (unpaired) electrons. The molecule has 0 aromatic heterocycles. The number of hydrogen-bond acceptors (Lipinski definition) is 6. The van der Waals surface area contributed by atoms with Crippen molar-refractivity contribution in [2.24, 2.45) is 0 Å². The van der Waals surface area contributed by atoms with E-state index in [9.17, 15) is 19.7 Å². The Balaban J connectivity index is 2.56. The van der Waals surface area contributed by atoms with Gasteiger partial charge >= 0.3 is 5.97 Å². The number of ketones is 1. The molecule has 0 spiro atoms. The normalized spacial score (nSPS) is 9.61. The van der Waals surface area contributed by atoms with Gasteiger partial charge in [0.25, 0.3) is 5.09 Å². The highest BCUT2D eigenvalue weighted by Crippen LogP contribution is 2.07. The number of nitrogens with zero attached hydrogens (tertiary/aromatic N) is 1. The first-order valence-corrected chi connectivity index (χ1v) is 5.02. The van der Waals surface area contributed by atoms with E-state index < -0.39 is 11.1 Å². The molecule has 96 valence electrons. The van der Waals surface area contributed by atoms with Crippen molar-refractivity contribution in [2.45, 2.75) is 13.5 Å². The number of hydrogen-bond donors (Lipinski definition) is 0. The van der Waals surface area contributed by atoms with Gasteiger partial charge in [0, 0.05) is 0 Å². The second-order valence-electron chi connectivity index (χ2n) is 3.47. The molecule has 1 rings (SSSR count). The van der Waals surface area contributed by atoms with Crippen molar-refractivity contribution in [3.05, 3.63) is 45.5 Å². The zero-order valence-corrected chi connectivity index (χ0v) is 9.62. The number of ether oxygens (including phenoxy) is 1. The van der Waals surface area contributed by atoms with Crippen molar-refractivity contribution in [1.29, 1.82) is 0 Å². The molecule has 0 saturated heterocycles. The highest BCUT2D eigenvalue weighted by Gasteiger charge is 2.08. The van der Waals surface area contributed by atoms with Crippen molar-refractivity contribution >= 4 is 11.8 Å². The summed E-state index contributed by atoms with van der Waals surface area (Å²) in [4.78, 5) is 36.2. The molecule has 0 unspecified atom stereocenters. The number of carbonyl (C=O) groups excluding carboxylic acids is 2. The minimum absolute atomic E-state index is 0.185. The Morgan fingerprint density at radius 2 is 1.89 bits per heavy atom. The Bertz CT molecular complexity index is 453. The van der Waals surface area contributed by atoms with Crippen LogP contribution in [0.1, 0.15) is 22.8 Å². The number of rotatable bonds is 6. The monoisotopic (exact) mass is 253 g/mol. The van der Waals surface area contributed by atoms with Crippen LogP contribution in [0.4, 0.5) is 0 Å². The first-order chi connectivity index (χ1) is 8.49. The molecule has 0 atom stereocenters. The molecule has 0 fully saturated rings. The summed E-state index contributed by atoms with van der Waals surface area (Å²) < 4.78 is 4.70. The maximum atomic E-state index is 11.4. The van der Waals surface area contributed by atoms with Gasteiger partial charge in [0.1, 0.15) is 13.2 Å². The third-order valence-electron chi connectivity index (χ3n) is 1.93. The molecule has 1 aromatic rings. The van der Waals surface area contributed by atoms with E-state index >= 15 is 0 Å². The molecular weight excluding hydrogens is 242 g/mol. The molecule has 7 heteroatoms. The molecule has 0 amide bonds. The lowest BCUT2D eigenvalue weighted by molar-refractivity contribution is -0.763. The Labute approximate surface area is 102 Å². The Hall–Kier alpha value is -2.44. The number of benzene rings is 1. The maximum absolute atomic E-state index is 11.4. The summed E-state index contributed by atoms with van der Waals surface area (Å²) in [5, 5.41) is 9.08. The smallest absolute Gasteiger partial charge is 0.338 e. The van der Waals surface area contributed by atoms with E-state index in [-0.39, 0.29) is 24.6 Å². The zero-order valence-electron chi connectivity index (χ0n) is 9.62. The second-order valence-corrected chi connectivity index (χ2v) is 3.47. The predicted octanol–water partition coefficient (Wildman–Crippen LogP) is 1.14. The lowest BCUT2D eigenvalue weighted by Gasteiger charge is -2.03. The Kier molecular flexibility index (Phi) is 4.79. The van der Waals surface area contributed by atoms with Gasteiger partial charge in [0.05, 0.1) is 5.56 Å². The number of Topliss-reactive ketones (excluding diaryl/α,β-unsaturated/α-hetero) is 1. The fraction of sp³-hybridized carbons (Fsp3) is 0.273. The van der Waals surface area contributed by atoms with Crippen LogP contribution in [0.2, 0.25) is 0 Å². The van der Waals surface area contributed by atoms with E-state index in [1.807, 2.05) is 0 Å². The molecule has 1 aromatic carbocycles. The van der Waals surface area contributed by atoms with Gasteiger partial charge in [-0.15, -0.1) is 10.1 Å². The minimum Gasteiger partial charge on any atom is -0.454 e. The van der Waals surface area contributed by atoms with Gasteiger partial charge in [-0.25, -0.2) is 4.79 Å². The van der Waals surface area contributed by atoms with Crippen molar-refractivity contribution in [3.63, 3.8) is 0 Å². The first kappa shape index (κ1) is 13.6. The highest BCUT2D eigenvalue weighted by atomic mass is 16.9. The van der Waals surface area contributed by atoms with Gasteiger partial charge in [0.15, 0.2) is 5.78 Å². The molecule has 0 aliphatic heterocycles. The topological polar surface area (TPSA) is 95.7 Å². The minimum atomic E-state index is -0.894. The summed E-state index contributed by atoms with van der Waals surface area (Å²) in [7, 11) is 0. The van der Waals surface area contributed by atoms with Gasteiger partial charge < -0.3 is 9.57 Å². The Morgan fingerprint density at radius 3 is 2.39 bits per heavy atom. The van der Waals surface area contributed by atoms with Crippen LogP contribution in [-0.2, 0) is 21.0 Å². The van der Waals surface area contributed by atoms with Gasteiger partial charge in [-0.3, -0.25) is 4.79 Å². The van der Waals surface area contributed by atoms with E-state index in [0.717, 1.165) is 0 Å². The summed E-state index contributed by atoms with van der Waals surface area (Å²) in [6.07, 6.45) is 0. The zero-order chi connectivity index (χ0) is 13.5. The molecule has 0 saturated carbocycles. The van der Waals surface area contributed by atoms with Crippen molar-refractivity contribution in [1.82, 2.24) is 0 Å². The average Bonchev–Trinajstić information content (AvgIpc) is 2.34. The van der Waals surface area contributed by atoms with E-state index in [1.54, 1.807) is 0 Å². The van der Waals surface area contributed by atoms with Crippen LogP contribution in [0.3, 0.4) is 0 Å². The van der Waals surface area contributed by atoms with Crippen molar-refractivity contribution in [2.75, 3.05) is 6.61 Å². The standard InChI is InChI=1S/C11H11NO6/c1-8(13)6-17-11(14)10-4-2-9(3-5-10)7-18-12(15)16/h2-5H,6-7H2,1H3. The lowest BCUT2D eigenvalue weighted by Crippen LogP contribution is -2.11. The maximum Gasteiger partial charge on any atom is 0.338 e. The van der Waals surface area contributed by atoms with Crippen LogP contribution in [0.5, 0.6) is 0 Å². The lowest BCUT2D eigenvalue weighted by atomic mass is 10.1. The second kappa shape index (κ2) is 6.33. The van der Waals surface area contributed by atoms with Gasteiger partial charge in [-0.2, -0.15) is 0 Å². The molecule has 0 bridgehead atoms. The molecule has 7 nitrogen and oxygen atoms in total. The van der Waals surface area contributed by atoms with Crippen LogP contribution in [0, 0.1) is 10.1 Å². The summed E-state index contributed by atoms with van der Waals surface area (Å²) in [5.41, 5.74) is 0.816. The summed E-state index contributed by atoms with van der Waals surface area (Å²) in [6.45, 7) is 0.853. The van der Waals surface area contributed by atoms with Crippen LogP contribution < -0.4 is 0 Å². The van der Waals surface area contributed by atoms with Crippen LogP contribution in [-0.4, -0.2) is 23.4 Å². The average molecular weight is 253 g/mol. The summed E-state index contributed by atoms with van der Waals surface area (Å²) in [6, 6.07) is 5.91.